The fourth-order valence-electron chi connectivity index (χ4n) is 1.49. The molecular weight excluding hydrogens is 235 g/mol. The highest BCUT2D eigenvalue weighted by molar-refractivity contribution is 5.99. The standard InChI is InChI=1S/C12H11FN4O/c13-9-5-10(14)8(12(15)18)4-11(9)17-7-2-1-3-16-6-7/h1-6,17H,14H2,(H2,15,18). The lowest BCUT2D eigenvalue weighted by atomic mass is 10.1. The fraction of sp³-hybridized carbons (Fsp3) is 0. The molecule has 0 unspecified atom stereocenters. The molecule has 0 spiro atoms. The van der Waals surface area contributed by atoms with Gasteiger partial charge in [0.15, 0.2) is 0 Å². The highest BCUT2D eigenvalue weighted by Gasteiger charge is 2.11. The molecule has 0 aliphatic carbocycles. The van der Waals surface area contributed by atoms with Gasteiger partial charge in [0.2, 0.25) is 0 Å². The Bertz CT molecular complexity index is 586. The Morgan fingerprint density at radius 2 is 2.17 bits per heavy atom. The van der Waals surface area contributed by atoms with Gasteiger partial charge in [-0.25, -0.2) is 4.39 Å². The maximum absolute atomic E-state index is 13.7. The Labute approximate surface area is 103 Å². The van der Waals surface area contributed by atoms with Crippen molar-refractivity contribution in [1.82, 2.24) is 4.98 Å². The molecule has 1 aromatic carbocycles. The minimum absolute atomic E-state index is 0.0109. The molecule has 1 aromatic heterocycles. The zero-order chi connectivity index (χ0) is 13.1. The highest BCUT2D eigenvalue weighted by atomic mass is 19.1. The molecule has 0 saturated heterocycles. The predicted molar refractivity (Wildman–Crippen MR) is 66.8 cm³/mol. The molecule has 18 heavy (non-hydrogen) atoms. The van der Waals surface area contributed by atoms with Crippen LogP contribution in [0.15, 0.2) is 36.7 Å². The Morgan fingerprint density at radius 1 is 1.39 bits per heavy atom. The molecule has 0 radical (unpaired) electrons. The summed E-state index contributed by atoms with van der Waals surface area (Å²) < 4.78 is 13.7. The lowest BCUT2D eigenvalue weighted by Gasteiger charge is -2.10. The number of anilines is 3. The number of nitrogens with zero attached hydrogens (tertiary/aromatic N) is 1. The van der Waals surface area contributed by atoms with E-state index in [9.17, 15) is 9.18 Å². The molecule has 92 valence electrons. The van der Waals surface area contributed by atoms with Crippen LogP contribution in [0.4, 0.5) is 21.5 Å². The number of benzene rings is 1. The zero-order valence-electron chi connectivity index (χ0n) is 9.35. The predicted octanol–water partition coefficient (Wildman–Crippen LogP) is 1.65. The molecule has 2 aromatic rings. The largest absolute Gasteiger partial charge is 0.398 e. The number of aromatic nitrogens is 1. The van der Waals surface area contributed by atoms with Crippen molar-refractivity contribution < 1.29 is 9.18 Å². The molecule has 0 fully saturated rings. The van der Waals surface area contributed by atoms with Crippen molar-refractivity contribution in [2.24, 2.45) is 5.73 Å². The smallest absolute Gasteiger partial charge is 0.250 e. The molecule has 5 nitrogen and oxygen atoms in total. The molecule has 0 aliphatic heterocycles. The first kappa shape index (κ1) is 11.8. The number of pyridine rings is 1. The molecule has 6 heteroatoms. The third kappa shape index (κ3) is 2.37. The molecule has 0 saturated carbocycles. The number of halogens is 1. The van der Waals surface area contributed by atoms with E-state index in [4.69, 9.17) is 11.5 Å². The summed E-state index contributed by atoms with van der Waals surface area (Å²) in [7, 11) is 0. The van der Waals surface area contributed by atoms with Crippen molar-refractivity contribution in [2.75, 3.05) is 11.1 Å². The average Bonchev–Trinajstić information content (AvgIpc) is 2.33. The molecular formula is C12H11FN4O. The van der Waals surface area contributed by atoms with Crippen LogP contribution in [0, 0.1) is 5.82 Å². The van der Waals surface area contributed by atoms with Gasteiger partial charge in [-0.2, -0.15) is 0 Å². The number of rotatable bonds is 3. The van der Waals surface area contributed by atoms with Crippen molar-refractivity contribution in [3.8, 4) is 0 Å². The van der Waals surface area contributed by atoms with E-state index >= 15 is 0 Å². The first-order valence-electron chi connectivity index (χ1n) is 5.14. The van der Waals surface area contributed by atoms with Gasteiger partial charge in [0.05, 0.1) is 23.1 Å². The van der Waals surface area contributed by atoms with Crippen LogP contribution in [0.2, 0.25) is 0 Å². The van der Waals surface area contributed by atoms with Crippen molar-refractivity contribution in [3.05, 3.63) is 48.0 Å². The van der Waals surface area contributed by atoms with Crippen LogP contribution < -0.4 is 16.8 Å². The summed E-state index contributed by atoms with van der Waals surface area (Å²) in [6, 6.07) is 5.75. The van der Waals surface area contributed by atoms with E-state index < -0.39 is 11.7 Å². The van der Waals surface area contributed by atoms with Gasteiger partial charge >= 0.3 is 0 Å². The van der Waals surface area contributed by atoms with Crippen LogP contribution in [0.25, 0.3) is 0 Å². The number of primary amides is 1. The van der Waals surface area contributed by atoms with E-state index in [1.165, 1.54) is 12.3 Å². The topological polar surface area (TPSA) is 94.0 Å². The summed E-state index contributed by atoms with van der Waals surface area (Å²) in [5.74, 6) is -1.27. The van der Waals surface area contributed by atoms with Crippen LogP contribution in [0.5, 0.6) is 0 Å². The number of carbonyl (C=O) groups excluding carboxylic acids is 1. The van der Waals surface area contributed by atoms with E-state index in [0.29, 0.717) is 5.69 Å². The fourth-order valence-corrected chi connectivity index (χ4v) is 1.49. The molecule has 1 amide bonds. The first-order valence-corrected chi connectivity index (χ1v) is 5.14. The van der Waals surface area contributed by atoms with E-state index in [1.807, 2.05) is 0 Å². The second-order valence-corrected chi connectivity index (χ2v) is 3.65. The third-order valence-corrected chi connectivity index (χ3v) is 2.35. The quantitative estimate of drug-likeness (QED) is 0.717. The molecule has 0 aliphatic rings. The Balaban J connectivity index is 2.39. The summed E-state index contributed by atoms with van der Waals surface area (Å²) in [6.07, 6.45) is 3.12. The highest BCUT2D eigenvalue weighted by Crippen LogP contribution is 2.24. The Kier molecular flexibility index (Phi) is 3.09. The average molecular weight is 246 g/mol. The number of amides is 1. The third-order valence-electron chi connectivity index (χ3n) is 2.35. The van der Waals surface area contributed by atoms with Crippen LogP contribution in [0.3, 0.4) is 0 Å². The number of carbonyl (C=O) groups is 1. The van der Waals surface area contributed by atoms with Crippen molar-refractivity contribution in [3.63, 3.8) is 0 Å². The van der Waals surface area contributed by atoms with Gasteiger partial charge in [0, 0.05) is 11.9 Å². The van der Waals surface area contributed by atoms with E-state index in [0.717, 1.165) is 6.07 Å². The normalized spacial score (nSPS) is 10.1. The summed E-state index contributed by atoms with van der Waals surface area (Å²) in [5.41, 5.74) is 11.4. The summed E-state index contributed by atoms with van der Waals surface area (Å²) in [5, 5.41) is 2.79. The van der Waals surface area contributed by atoms with Crippen molar-refractivity contribution in [2.45, 2.75) is 0 Å². The summed E-state index contributed by atoms with van der Waals surface area (Å²) >= 11 is 0. The number of hydrogen-bond donors (Lipinski definition) is 3. The molecule has 5 N–H and O–H groups in total. The van der Waals surface area contributed by atoms with Gasteiger partial charge in [0.1, 0.15) is 5.82 Å². The summed E-state index contributed by atoms with van der Waals surface area (Å²) in [4.78, 5) is 15.0. The Hall–Kier alpha value is -2.63. The van der Waals surface area contributed by atoms with Crippen LogP contribution in [0.1, 0.15) is 10.4 Å². The van der Waals surface area contributed by atoms with Crippen LogP contribution >= 0.6 is 0 Å². The van der Waals surface area contributed by atoms with Gasteiger partial charge in [-0.3, -0.25) is 9.78 Å². The first-order chi connectivity index (χ1) is 8.58. The SMILES string of the molecule is NC(=O)c1cc(Nc2cccnc2)c(F)cc1N. The molecule has 0 bridgehead atoms. The van der Waals surface area contributed by atoms with Crippen LogP contribution in [-0.4, -0.2) is 10.9 Å². The number of nitrogens with one attached hydrogen (secondary N) is 1. The van der Waals surface area contributed by atoms with Gasteiger partial charge in [-0.15, -0.1) is 0 Å². The van der Waals surface area contributed by atoms with Gasteiger partial charge in [-0.1, -0.05) is 0 Å². The van der Waals surface area contributed by atoms with Gasteiger partial charge in [-0.05, 0) is 24.3 Å². The second kappa shape index (κ2) is 4.70. The number of nitrogen functional groups attached to an aromatic ring is 1. The summed E-state index contributed by atoms with van der Waals surface area (Å²) in [6.45, 7) is 0. The number of hydrogen-bond acceptors (Lipinski definition) is 4. The minimum Gasteiger partial charge on any atom is -0.398 e. The molecule has 0 atom stereocenters. The zero-order valence-corrected chi connectivity index (χ0v) is 9.35. The molecule has 2 rings (SSSR count). The number of nitrogens with two attached hydrogens (primary N) is 2. The lowest BCUT2D eigenvalue weighted by Crippen LogP contribution is -2.14. The van der Waals surface area contributed by atoms with Crippen molar-refractivity contribution in [1.29, 1.82) is 0 Å². The van der Waals surface area contributed by atoms with E-state index in [2.05, 4.69) is 10.3 Å². The van der Waals surface area contributed by atoms with Gasteiger partial charge in [0.25, 0.3) is 5.91 Å². The maximum Gasteiger partial charge on any atom is 0.250 e. The van der Waals surface area contributed by atoms with E-state index in [-0.39, 0.29) is 16.9 Å². The second-order valence-electron chi connectivity index (χ2n) is 3.65. The van der Waals surface area contributed by atoms with Gasteiger partial charge < -0.3 is 16.8 Å². The van der Waals surface area contributed by atoms with Crippen molar-refractivity contribution >= 4 is 23.0 Å². The minimum atomic E-state index is -0.707. The van der Waals surface area contributed by atoms with E-state index in [1.54, 1.807) is 18.3 Å². The van der Waals surface area contributed by atoms with Crippen LogP contribution in [-0.2, 0) is 0 Å². The molecule has 1 heterocycles. The lowest BCUT2D eigenvalue weighted by molar-refractivity contribution is 0.100. The monoisotopic (exact) mass is 246 g/mol. The maximum atomic E-state index is 13.7. The Morgan fingerprint density at radius 3 is 2.78 bits per heavy atom.